The highest BCUT2D eigenvalue weighted by Crippen LogP contribution is 2.33. The van der Waals surface area contributed by atoms with Crippen molar-refractivity contribution in [2.45, 2.75) is 25.9 Å². The summed E-state index contributed by atoms with van der Waals surface area (Å²) in [7, 11) is 0. The molecule has 0 fully saturated rings. The van der Waals surface area contributed by atoms with Crippen LogP contribution >= 0.6 is 0 Å². The monoisotopic (exact) mass is 285 g/mol. The second-order valence-electron chi connectivity index (χ2n) is 5.24. The number of ether oxygens (including phenoxy) is 2. The number of pyridine rings is 1. The lowest BCUT2D eigenvalue weighted by atomic mass is 9.94. The Balaban J connectivity index is 1.74. The third-order valence-corrected chi connectivity index (χ3v) is 3.74. The SMILES string of the molecule is Cc1ccc(OCC2CCOc3ccccc32)c(CO)n1. The third kappa shape index (κ3) is 3.00. The van der Waals surface area contributed by atoms with Crippen LogP contribution in [0, 0.1) is 6.92 Å². The molecule has 110 valence electrons. The number of hydrogen-bond acceptors (Lipinski definition) is 4. The van der Waals surface area contributed by atoms with Gasteiger partial charge in [0.1, 0.15) is 17.2 Å². The zero-order chi connectivity index (χ0) is 14.7. The molecule has 4 nitrogen and oxygen atoms in total. The van der Waals surface area contributed by atoms with Crippen LogP contribution in [0.1, 0.15) is 29.3 Å². The van der Waals surface area contributed by atoms with Crippen molar-refractivity contribution in [3.05, 3.63) is 53.3 Å². The Hall–Kier alpha value is -2.07. The van der Waals surface area contributed by atoms with Gasteiger partial charge in [0.25, 0.3) is 0 Å². The summed E-state index contributed by atoms with van der Waals surface area (Å²) in [6.45, 7) is 3.07. The summed E-state index contributed by atoms with van der Waals surface area (Å²) >= 11 is 0. The highest BCUT2D eigenvalue weighted by Gasteiger charge is 2.22. The second-order valence-corrected chi connectivity index (χ2v) is 5.24. The number of aromatic nitrogens is 1. The van der Waals surface area contributed by atoms with E-state index in [1.165, 1.54) is 5.56 Å². The average Bonchev–Trinajstić information content (AvgIpc) is 2.53. The van der Waals surface area contributed by atoms with Crippen LogP contribution in [0.5, 0.6) is 11.5 Å². The highest BCUT2D eigenvalue weighted by atomic mass is 16.5. The summed E-state index contributed by atoms with van der Waals surface area (Å²) < 4.78 is 11.6. The number of aliphatic hydroxyl groups is 1. The van der Waals surface area contributed by atoms with Crippen molar-refractivity contribution in [1.29, 1.82) is 0 Å². The Morgan fingerprint density at radius 1 is 1.29 bits per heavy atom. The number of para-hydroxylation sites is 1. The van der Waals surface area contributed by atoms with E-state index in [0.29, 0.717) is 30.6 Å². The van der Waals surface area contributed by atoms with E-state index in [-0.39, 0.29) is 6.61 Å². The molecule has 2 heterocycles. The summed E-state index contributed by atoms with van der Waals surface area (Å²) in [5, 5.41) is 9.38. The number of hydrogen-bond donors (Lipinski definition) is 1. The first-order valence-electron chi connectivity index (χ1n) is 7.20. The predicted molar refractivity (Wildman–Crippen MR) is 79.7 cm³/mol. The summed E-state index contributed by atoms with van der Waals surface area (Å²) in [6, 6.07) is 11.9. The minimum Gasteiger partial charge on any atom is -0.493 e. The fourth-order valence-electron chi connectivity index (χ4n) is 2.62. The smallest absolute Gasteiger partial charge is 0.143 e. The van der Waals surface area contributed by atoms with E-state index in [1.807, 2.05) is 37.3 Å². The first-order chi connectivity index (χ1) is 10.3. The van der Waals surface area contributed by atoms with Crippen molar-refractivity contribution in [3.63, 3.8) is 0 Å². The molecular formula is C17H19NO3. The van der Waals surface area contributed by atoms with Gasteiger partial charge in [-0.25, -0.2) is 0 Å². The maximum Gasteiger partial charge on any atom is 0.143 e. The lowest BCUT2D eigenvalue weighted by Crippen LogP contribution is -2.20. The second kappa shape index (κ2) is 6.14. The normalized spacial score (nSPS) is 17.0. The molecule has 1 aliphatic heterocycles. The molecule has 0 saturated heterocycles. The number of aryl methyl sites for hydroxylation is 1. The molecule has 0 aliphatic carbocycles. The molecule has 3 rings (SSSR count). The predicted octanol–water partition coefficient (Wildman–Crippen LogP) is 2.83. The van der Waals surface area contributed by atoms with Crippen LogP contribution in [0.25, 0.3) is 0 Å². The van der Waals surface area contributed by atoms with Crippen molar-refractivity contribution in [2.24, 2.45) is 0 Å². The van der Waals surface area contributed by atoms with Gasteiger partial charge >= 0.3 is 0 Å². The molecule has 0 amide bonds. The molecule has 1 aromatic heterocycles. The molecule has 0 bridgehead atoms. The van der Waals surface area contributed by atoms with Gasteiger partial charge in [0.15, 0.2) is 0 Å². The van der Waals surface area contributed by atoms with Gasteiger partial charge in [-0.2, -0.15) is 0 Å². The zero-order valence-corrected chi connectivity index (χ0v) is 12.1. The van der Waals surface area contributed by atoms with Crippen molar-refractivity contribution in [1.82, 2.24) is 4.98 Å². The number of nitrogens with zero attached hydrogens (tertiary/aromatic N) is 1. The van der Waals surface area contributed by atoms with Gasteiger partial charge in [-0.3, -0.25) is 4.98 Å². The van der Waals surface area contributed by atoms with Gasteiger partial charge in [0.05, 0.1) is 19.8 Å². The fourth-order valence-corrected chi connectivity index (χ4v) is 2.62. The standard InChI is InChI=1S/C17H19NO3/c1-12-6-7-17(15(10-19)18-12)21-11-13-8-9-20-16-5-3-2-4-14(13)16/h2-7,13,19H,8-11H2,1H3. The molecule has 0 spiro atoms. The Morgan fingerprint density at radius 2 is 2.14 bits per heavy atom. The summed E-state index contributed by atoms with van der Waals surface area (Å²) in [5.74, 6) is 1.91. The molecule has 21 heavy (non-hydrogen) atoms. The van der Waals surface area contributed by atoms with Crippen LogP contribution in [-0.4, -0.2) is 23.3 Å². The highest BCUT2D eigenvalue weighted by molar-refractivity contribution is 5.38. The van der Waals surface area contributed by atoms with Gasteiger partial charge in [-0.1, -0.05) is 18.2 Å². The van der Waals surface area contributed by atoms with Gasteiger partial charge in [-0.15, -0.1) is 0 Å². The topological polar surface area (TPSA) is 51.6 Å². The molecule has 1 unspecified atom stereocenters. The van der Waals surface area contributed by atoms with Crippen LogP contribution in [-0.2, 0) is 6.61 Å². The van der Waals surface area contributed by atoms with Crippen LogP contribution in [0.15, 0.2) is 36.4 Å². The van der Waals surface area contributed by atoms with Gasteiger partial charge in [-0.05, 0) is 31.5 Å². The summed E-state index contributed by atoms with van der Waals surface area (Å²) in [5.41, 5.74) is 2.66. The quantitative estimate of drug-likeness (QED) is 0.938. The minimum absolute atomic E-state index is 0.110. The Labute approximate surface area is 124 Å². The maximum atomic E-state index is 9.38. The Morgan fingerprint density at radius 3 is 3.00 bits per heavy atom. The number of aliphatic hydroxyl groups excluding tert-OH is 1. The average molecular weight is 285 g/mol. The molecule has 0 saturated carbocycles. The van der Waals surface area contributed by atoms with Crippen molar-refractivity contribution >= 4 is 0 Å². The van der Waals surface area contributed by atoms with Crippen molar-refractivity contribution < 1.29 is 14.6 Å². The molecule has 0 radical (unpaired) electrons. The molecule has 1 N–H and O–H groups in total. The molecule has 2 aromatic rings. The first kappa shape index (κ1) is 13.9. The van der Waals surface area contributed by atoms with Gasteiger partial charge < -0.3 is 14.6 Å². The lowest BCUT2D eigenvalue weighted by molar-refractivity contribution is 0.210. The van der Waals surface area contributed by atoms with E-state index in [4.69, 9.17) is 9.47 Å². The van der Waals surface area contributed by atoms with Gasteiger partial charge in [0, 0.05) is 17.2 Å². The molecule has 1 aliphatic rings. The summed E-state index contributed by atoms with van der Waals surface area (Å²) in [4.78, 5) is 4.30. The molecular weight excluding hydrogens is 266 g/mol. The van der Waals surface area contributed by atoms with E-state index in [0.717, 1.165) is 17.9 Å². The molecule has 1 atom stereocenters. The van der Waals surface area contributed by atoms with Gasteiger partial charge in [0.2, 0.25) is 0 Å². The summed E-state index contributed by atoms with van der Waals surface area (Å²) in [6.07, 6.45) is 0.935. The zero-order valence-electron chi connectivity index (χ0n) is 12.1. The third-order valence-electron chi connectivity index (χ3n) is 3.74. The van der Waals surface area contributed by atoms with E-state index in [9.17, 15) is 5.11 Å². The van der Waals surface area contributed by atoms with Crippen LogP contribution < -0.4 is 9.47 Å². The maximum absolute atomic E-state index is 9.38. The Bertz CT molecular complexity index is 627. The Kier molecular flexibility index (Phi) is 4.06. The van der Waals surface area contributed by atoms with E-state index < -0.39 is 0 Å². The van der Waals surface area contributed by atoms with Crippen LogP contribution in [0.2, 0.25) is 0 Å². The van der Waals surface area contributed by atoms with E-state index in [1.54, 1.807) is 0 Å². The van der Waals surface area contributed by atoms with E-state index >= 15 is 0 Å². The molecule has 4 heteroatoms. The van der Waals surface area contributed by atoms with Crippen molar-refractivity contribution in [3.8, 4) is 11.5 Å². The fraction of sp³-hybridized carbons (Fsp3) is 0.353. The number of fused-ring (bicyclic) bond motifs is 1. The van der Waals surface area contributed by atoms with Crippen LogP contribution in [0.3, 0.4) is 0 Å². The number of rotatable bonds is 4. The van der Waals surface area contributed by atoms with Crippen molar-refractivity contribution in [2.75, 3.05) is 13.2 Å². The molecule has 1 aromatic carbocycles. The number of benzene rings is 1. The minimum atomic E-state index is -0.110. The lowest BCUT2D eigenvalue weighted by Gasteiger charge is -2.26. The van der Waals surface area contributed by atoms with E-state index in [2.05, 4.69) is 11.1 Å². The largest absolute Gasteiger partial charge is 0.493 e. The first-order valence-corrected chi connectivity index (χ1v) is 7.20. The van der Waals surface area contributed by atoms with Crippen LogP contribution in [0.4, 0.5) is 0 Å².